The molecule has 0 saturated carbocycles. The van der Waals surface area contributed by atoms with Gasteiger partial charge < -0.3 is 19.1 Å². The molecule has 34 heavy (non-hydrogen) atoms. The Bertz CT molecular complexity index is 1350. The van der Waals surface area contributed by atoms with Gasteiger partial charge in [0.25, 0.3) is 0 Å². The molecule has 1 aliphatic heterocycles. The summed E-state index contributed by atoms with van der Waals surface area (Å²) in [6, 6.07) is 5.20. The van der Waals surface area contributed by atoms with Crippen LogP contribution in [0.25, 0.3) is 16.9 Å². The SMILES string of the molecule is COc1ncc(-c2cc(N3CC(Oc4cc(C)ccn4)C(F)(F)C3)c3nccn3n2)c(OC)n1. The first-order valence-electron chi connectivity index (χ1n) is 10.4. The van der Waals surface area contributed by atoms with Crippen LogP contribution in [0.3, 0.4) is 0 Å². The van der Waals surface area contributed by atoms with Gasteiger partial charge in [-0.15, -0.1) is 0 Å². The molecule has 0 amide bonds. The van der Waals surface area contributed by atoms with Crippen LogP contribution in [0.4, 0.5) is 14.5 Å². The lowest BCUT2D eigenvalue weighted by Crippen LogP contribution is -2.36. The first-order valence-corrected chi connectivity index (χ1v) is 10.4. The van der Waals surface area contributed by atoms with Gasteiger partial charge >= 0.3 is 11.9 Å². The van der Waals surface area contributed by atoms with Crippen molar-refractivity contribution >= 4 is 11.3 Å². The van der Waals surface area contributed by atoms with E-state index in [1.165, 1.54) is 36.0 Å². The molecular formula is C22H21F2N7O3. The molecule has 1 unspecified atom stereocenters. The van der Waals surface area contributed by atoms with Crippen LogP contribution in [0, 0.1) is 6.92 Å². The minimum absolute atomic E-state index is 0.0646. The average molecular weight is 469 g/mol. The number of hydrogen-bond donors (Lipinski definition) is 0. The van der Waals surface area contributed by atoms with Crippen molar-refractivity contribution < 1.29 is 23.0 Å². The van der Waals surface area contributed by atoms with Crippen LogP contribution in [0.1, 0.15) is 5.56 Å². The highest BCUT2D eigenvalue weighted by atomic mass is 19.3. The monoisotopic (exact) mass is 469 g/mol. The molecule has 0 bridgehead atoms. The van der Waals surface area contributed by atoms with Crippen LogP contribution in [0.15, 0.2) is 43.0 Å². The zero-order valence-corrected chi connectivity index (χ0v) is 18.6. The van der Waals surface area contributed by atoms with Gasteiger partial charge in [-0.3, -0.25) is 0 Å². The van der Waals surface area contributed by atoms with Crippen molar-refractivity contribution in [3.63, 3.8) is 0 Å². The third kappa shape index (κ3) is 3.91. The second-order valence-corrected chi connectivity index (χ2v) is 7.81. The molecule has 4 aromatic heterocycles. The van der Waals surface area contributed by atoms with E-state index >= 15 is 0 Å². The van der Waals surface area contributed by atoms with E-state index in [0.29, 0.717) is 22.6 Å². The van der Waals surface area contributed by atoms with Gasteiger partial charge in [-0.2, -0.15) is 10.1 Å². The fraction of sp³-hybridized carbons (Fsp3) is 0.318. The van der Waals surface area contributed by atoms with Crippen LogP contribution in [-0.4, -0.2) is 68.9 Å². The highest BCUT2D eigenvalue weighted by Gasteiger charge is 2.51. The van der Waals surface area contributed by atoms with Crippen molar-refractivity contribution in [1.29, 1.82) is 0 Å². The lowest BCUT2D eigenvalue weighted by molar-refractivity contribution is -0.0609. The summed E-state index contributed by atoms with van der Waals surface area (Å²) in [6.07, 6.45) is 4.84. The van der Waals surface area contributed by atoms with Gasteiger partial charge in [0, 0.05) is 30.9 Å². The summed E-state index contributed by atoms with van der Waals surface area (Å²) in [4.78, 5) is 18.2. The standard InChI is InChI=1S/C22H21F2N7O3/c1-13-4-5-25-18(8-13)34-17-11-30(12-22(17,23)24)16-9-15(29-31-7-6-26-19(16)31)14-10-27-21(33-3)28-20(14)32-2/h4-10,17H,11-12H2,1-3H3. The Labute approximate surface area is 193 Å². The maximum Gasteiger partial charge on any atom is 0.319 e. The molecule has 1 aliphatic rings. The van der Waals surface area contributed by atoms with Crippen molar-refractivity contribution in [2.45, 2.75) is 19.0 Å². The molecule has 5 heterocycles. The Kier molecular flexibility index (Phi) is 5.34. The van der Waals surface area contributed by atoms with Crippen molar-refractivity contribution in [1.82, 2.24) is 29.5 Å². The van der Waals surface area contributed by atoms with E-state index in [1.54, 1.807) is 30.6 Å². The number of aromatic nitrogens is 6. The zero-order valence-electron chi connectivity index (χ0n) is 18.6. The number of hydrogen-bond acceptors (Lipinski definition) is 9. The van der Waals surface area contributed by atoms with E-state index in [1.807, 2.05) is 6.92 Å². The number of ether oxygens (including phenoxy) is 3. The first kappa shape index (κ1) is 21.7. The number of nitrogens with zero attached hydrogens (tertiary/aromatic N) is 7. The summed E-state index contributed by atoms with van der Waals surface area (Å²) in [6.45, 7) is 1.23. The summed E-state index contributed by atoms with van der Waals surface area (Å²) in [5, 5.41) is 4.53. The second-order valence-electron chi connectivity index (χ2n) is 7.81. The predicted molar refractivity (Wildman–Crippen MR) is 118 cm³/mol. The summed E-state index contributed by atoms with van der Waals surface area (Å²) in [7, 11) is 2.91. The fourth-order valence-electron chi connectivity index (χ4n) is 3.83. The molecule has 1 fully saturated rings. The van der Waals surface area contributed by atoms with E-state index in [9.17, 15) is 8.78 Å². The van der Waals surface area contributed by atoms with Gasteiger partial charge in [-0.1, -0.05) is 0 Å². The number of alkyl halides is 2. The number of aryl methyl sites for hydroxylation is 1. The van der Waals surface area contributed by atoms with Crippen LogP contribution in [0.5, 0.6) is 17.8 Å². The number of pyridine rings is 1. The number of methoxy groups -OCH3 is 2. The maximum atomic E-state index is 15.0. The number of anilines is 1. The molecular weight excluding hydrogens is 448 g/mol. The number of imidazole rings is 1. The molecule has 5 rings (SSSR count). The highest BCUT2D eigenvalue weighted by molar-refractivity contribution is 5.76. The van der Waals surface area contributed by atoms with E-state index in [2.05, 4.69) is 25.0 Å². The third-order valence-electron chi connectivity index (χ3n) is 5.48. The predicted octanol–water partition coefficient (Wildman–Crippen LogP) is 2.81. The molecule has 4 aromatic rings. The number of rotatable bonds is 6. The highest BCUT2D eigenvalue weighted by Crippen LogP contribution is 2.37. The van der Waals surface area contributed by atoms with Crippen molar-refractivity contribution in [3.05, 3.63) is 48.5 Å². The van der Waals surface area contributed by atoms with Crippen molar-refractivity contribution in [3.8, 4) is 29.0 Å². The Balaban J connectivity index is 1.52. The molecule has 0 aromatic carbocycles. The van der Waals surface area contributed by atoms with Crippen molar-refractivity contribution in [2.24, 2.45) is 0 Å². The number of fused-ring (bicyclic) bond motifs is 1. The second kappa shape index (κ2) is 8.36. The molecule has 176 valence electrons. The van der Waals surface area contributed by atoms with E-state index < -0.39 is 18.6 Å². The Morgan fingerprint density at radius 3 is 2.71 bits per heavy atom. The molecule has 12 heteroatoms. The molecule has 0 spiro atoms. The van der Waals surface area contributed by atoms with Gasteiger partial charge in [-0.25, -0.2) is 28.2 Å². The Morgan fingerprint density at radius 1 is 1.09 bits per heavy atom. The van der Waals surface area contributed by atoms with Gasteiger partial charge in [0.1, 0.15) is 5.69 Å². The van der Waals surface area contributed by atoms with Crippen LogP contribution in [0.2, 0.25) is 0 Å². The van der Waals surface area contributed by atoms with Gasteiger partial charge in [0.05, 0.1) is 38.6 Å². The fourth-order valence-corrected chi connectivity index (χ4v) is 3.83. The summed E-state index contributed by atoms with van der Waals surface area (Å²) >= 11 is 0. The molecule has 0 radical (unpaired) electrons. The van der Waals surface area contributed by atoms with Crippen molar-refractivity contribution in [2.75, 3.05) is 32.2 Å². The number of halogens is 2. The topological polar surface area (TPSA) is 99.8 Å². The van der Waals surface area contributed by atoms with Crippen LogP contribution < -0.4 is 19.1 Å². The minimum Gasteiger partial charge on any atom is -0.480 e. The lowest BCUT2D eigenvalue weighted by Gasteiger charge is -2.19. The Hall–Kier alpha value is -4.09. The lowest BCUT2D eigenvalue weighted by atomic mass is 10.2. The first-order chi connectivity index (χ1) is 16.4. The normalized spacial score (nSPS) is 17.2. The smallest absolute Gasteiger partial charge is 0.319 e. The third-order valence-corrected chi connectivity index (χ3v) is 5.48. The molecule has 0 aliphatic carbocycles. The largest absolute Gasteiger partial charge is 0.480 e. The molecule has 10 nitrogen and oxygen atoms in total. The van der Waals surface area contributed by atoms with E-state index in [0.717, 1.165) is 5.56 Å². The average Bonchev–Trinajstić information content (AvgIpc) is 3.41. The zero-order chi connectivity index (χ0) is 23.9. The van der Waals surface area contributed by atoms with E-state index in [4.69, 9.17) is 14.2 Å². The Morgan fingerprint density at radius 2 is 1.94 bits per heavy atom. The summed E-state index contributed by atoms with van der Waals surface area (Å²) < 4.78 is 47.5. The summed E-state index contributed by atoms with van der Waals surface area (Å²) in [5.74, 6) is -2.71. The molecule has 1 saturated heterocycles. The quantitative estimate of drug-likeness (QED) is 0.422. The summed E-state index contributed by atoms with van der Waals surface area (Å²) in [5.41, 5.74) is 2.67. The van der Waals surface area contributed by atoms with Gasteiger partial charge in [0.15, 0.2) is 11.8 Å². The van der Waals surface area contributed by atoms with Gasteiger partial charge in [0.2, 0.25) is 11.8 Å². The van der Waals surface area contributed by atoms with Gasteiger partial charge in [-0.05, 0) is 24.6 Å². The van der Waals surface area contributed by atoms with Crippen LogP contribution >= 0.6 is 0 Å². The molecule has 1 atom stereocenters. The van der Waals surface area contributed by atoms with Crippen LogP contribution in [-0.2, 0) is 0 Å². The minimum atomic E-state index is -3.11. The molecule has 0 N–H and O–H groups in total. The van der Waals surface area contributed by atoms with E-state index in [-0.39, 0.29) is 24.3 Å². The maximum absolute atomic E-state index is 15.0.